The van der Waals surface area contributed by atoms with Crippen LogP contribution in [0.15, 0.2) is 0 Å². The number of rotatable bonds is 8. The third kappa shape index (κ3) is 7.25. The third-order valence-electron chi connectivity index (χ3n) is 2.66. The van der Waals surface area contributed by atoms with Crippen molar-refractivity contribution >= 4 is 23.1 Å². The molecule has 1 atom stereocenters. The van der Waals surface area contributed by atoms with Gasteiger partial charge >= 0.3 is 0 Å². The van der Waals surface area contributed by atoms with Crippen LogP contribution in [0.25, 0.3) is 0 Å². The van der Waals surface area contributed by atoms with E-state index in [1.807, 2.05) is 18.9 Å². The molecule has 0 saturated carbocycles. The second kappa shape index (κ2) is 8.38. The molecule has 17 heavy (non-hydrogen) atoms. The number of carbonyl (C=O) groups is 1. The van der Waals surface area contributed by atoms with E-state index in [0.717, 1.165) is 0 Å². The van der Waals surface area contributed by atoms with E-state index in [9.17, 15) is 4.79 Å². The average Bonchev–Trinajstić information content (AvgIpc) is 2.25. The minimum atomic E-state index is 0.0618. The molecule has 0 bridgehead atoms. The smallest absolute Gasteiger partial charge is 0.236 e. The number of likely N-dealkylation sites (N-methyl/N-ethyl adjacent to an activating group) is 2. The summed E-state index contributed by atoms with van der Waals surface area (Å²) in [6.07, 6.45) is 0.564. The fraction of sp³-hybridized carbons (Fsp3) is 0.818. The van der Waals surface area contributed by atoms with Crippen LogP contribution in [-0.4, -0.2) is 67.6 Å². The maximum atomic E-state index is 11.8. The van der Waals surface area contributed by atoms with Gasteiger partial charge in [0.05, 0.1) is 18.1 Å². The van der Waals surface area contributed by atoms with Gasteiger partial charge in [-0.25, -0.2) is 0 Å². The number of methoxy groups -OCH3 is 1. The number of amides is 1. The first kappa shape index (κ1) is 16.3. The Morgan fingerprint density at radius 2 is 2.06 bits per heavy atom. The molecule has 1 amide bonds. The molecule has 0 aliphatic rings. The number of hydrogen-bond donors (Lipinski definition) is 1. The maximum absolute atomic E-state index is 11.8. The molecule has 0 aromatic rings. The van der Waals surface area contributed by atoms with Gasteiger partial charge in [0, 0.05) is 33.2 Å². The van der Waals surface area contributed by atoms with Gasteiger partial charge in [0.25, 0.3) is 0 Å². The molecule has 0 spiro atoms. The fourth-order valence-corrected chi connectivity index (χ4v) is 1.35. The zero-order chi connectivity index (χ0) is 13.4. The summed E-state index contributed by atoms with van der Waals surface area (Å²) in [6, 6.07) is 0.216. The van der Waals surface area contributed by atoms with Gasteiger partial charge in [-0.15, -0.1) is 0 Å². The third-order valence-corrected chi connectivity index (χ3v) is 2.87. The number of carbonyl (C=O) groups excluding carboxylic acids is 1. The molecule has 0 radical (unpaired) electrons. The average molecular weight is 261 g/mol. The normalized spacial score (nSPS) is 12.5. The lowest BCUT2D eigenvalue weighted by Crippen LogP contribution is -2.42. The highest BCUT2D eigenvalue weighted by Gasteiger charge is 2.15. The standard InChI is InChI=1S/C11H23N3O2S/c1-9(8-16-4)14(3)7-11(15)13(2)6-5-10(12)17/h9H,5-8H2,1-4H3,(H2,12,17). The van der Waals surface area contributed by atoms with Crippen LogP contribution in [-0.2, 0) is 9.53 Å². The summed E-state index contributed by atoms with van der Waals surface area (Å²) < 4.78 is 5.05. The highest BCUT2D eigenvalue weighted by Crippen LogP contribution is 1.98. The van der Waals surface area contributed by atoms with Crippen molar-refractivity contribution in [1.82, 2.24) is 9.80 Å². The van der Waals surface area contributed by atoms with Crippen LogP contribution in [0.1, 0.15) is 13.3 Å². The van der Waals surface area contributed by atoms with Gasteiger partial charge in [0.1, 0.15) is 0 Å². The molecule has 100 valence electrons. The van der Waals surface area contributed by atoms with Crippen molar-refractivity contribution < 1.29 is 9.53 Å². The fourth-order valence-electron chi connectivity index (χ4n) is 1.26. The highest BCUT2D eigenvalue weighted by atomic mass is 32.1. The van der Waals surface area contributed by atoms with E-state index in [4.69, 9.17) is 22.7 Å². The molecule has 0 aromatic heterocycles. The van der Waals surface area contributed by atoms with E-state index in [1.54, 1.807) is 19.1 Å². The Morgan fingerprint density at radius 3 is 2.53 bits per heavy atom. The van der Waals surface area contributed by atoms with Crippen LogP contribution in [0.5, 0.6) is 0 Å². The maximum Gasteiger partial charge on any atom is 0.236 e. The first-order valence-electron chi connectivity index (χ1n) is 5.60. The number of nitrogens with zero attached hydrogens (tertiary/aromatic N) is 2. The van der Waals surface area contributed by atoms with Crippen molar-refractivity contribution in [3.63, 3.8) is 0 Å². The van der Waals surface area contributed by atoms with Gasteiger partial charge in [-0.2, -0.15) is 0 Å². The molecular formula is C11H23N3O2S. The van der Waals surface area contributed by atoms with Crippen LogP contribution in [0.4, 0.5) is 0 Å². The molecule has 0 aromatic carbocycles. The zero-order valence-electron chi connectivity index (χ0n) is 11.1. The van der Waals surface area contributed by atoms with E-state index in [-0.39, 0.29) is 11.9 Å². The second-order valence-corrected chi connectivity index (χ2v) is 4.78. The summed E-state index contributed by atoms with van der Waals surface area (Å²) in [5.74, 6) is 0.0618. The highest BCUT2D eigenvalue weighted by molar-refractivity contribution is 7.80. The summed E-state index contributed by atoms with van der Waals surface area (Å²) in [6.45, 7) is 3.57. The van der Waals surface area contributed by atoms with E-state index in [0.29, 0.717) is 31.1 Å². The number of hydrogen-bond acceptors (Lipinski definition) is 4. The monoisotopic (exact) mass is 261 g/mol. The van der Waals surface area contributed by atoms with Gasteiger partial charge < -0.3 is 15.4 Å². The van der Waals surface area contributed by atoms with E-state index >= 15 is 0 Å². The van der Waals surface area contributed by atoms with Gasteiger partial charge in [0.2, 0.25) is 5.91 Å². The first-order valence-corrected chi connectivity index (χ1v) is 6.00. The predicted molar refractivity (Wildman–Crippen MR) is 73.0 cm³/mol. The van der Waals surface area contributed by atoms with Crippen molar-refractivity contribution in [3.8, 4) is 0 Å². The Hall–Kier alpha value is -0.720. The van der Waals surface area contributed by atoms with Gasteiger partial charge in [-0.1, -0.05) is 12.2 Å². The Bertz CT molecular complexity index is 261. The Kier molecular flexibility index (Phi) is 8.03. The lowest BCUT2D eigenvalue weighted by molar-refractivity contribution is -0.131. The summed E-state index contributed by atoms with van der Waals surface area (Å²) in [5.41, 5.74) is 5.40. The number of ether oxygens (including phenoxy) is 1. The van der Waals surface area contributed by atoms with Crippen molar-refractivity contribution in [3.05, 3.63) is 0 Å². The number of thiocarbonyl (C=S) groups is 1. The zero-order valence-corrected chi connectivity index (χ0v) is 11.9. The summed E-state index contributed by atoms with van der Waals surface area (Å²) in [4.78, 5) is 15.9. The molecule has 2 N–H and O–H groups in total. The van der Waals surface area contributed by atoms with Gasteiger partial charge in [-0.05, 0) is 14.0 Å². The molecule has 1 unspecified atom stereocenters. The molecule has 0 saturated heterocycles. The minimum Gasteiger partial charge on any atom is -0.393 e. The summed E-state index contributed by atoms with van der Waals surface area (Å²) >= 11 is 4.78. The lowest BCUT2D eigenvalue weighted by atomic mass is 10.3. The Balaban J connectivity index is 4.02. The summed E-state index contributed by atoms with van der Waals surface area (Å²) in [5, 5.41) is 0. The van der Waals surface area contributed by atoms with Crippen molar-refractivity contribution in [1.29, 1.82) is 0 Å². The van der Waals surface area contributed by atoms with Crippen LogP contribution in [0.2, 0.25) is 0 Å². The van der Waals surface area contributed by atoms with E-state index in [1.165, 1.54) is 0 Å². The van der Waals surface area contributed by atoms with Crippen LogP contribution < -0.4 is 5.73 Å². The SMILES string of the molecule is COCC(C)N(C)CC(=O)N(C)CCC(N)=S. The quantitative estimate of drug-likeness (QED) is 0.628. The van der Waals surface area contributed by atoms with E-state index in [2.05, 4.69) is 0 Å². The second-order valence-electron chi connectivity index (χ2n) is 4.25. The van der Waals surface area contributed by atoms with Crippen molar-refractivity contribution in [2.24, 2.45) is 5.73 Å². The van der Waals surface area contributed by atoms with Gasteiger partial charge in [0.15, 0.2) is 0 Å². The summed E-state index contributed by atoms with van der Waals surface area (Å²) in [7, 11) is 5.32. The van der Waals surface area contributed by atoms with Gasteiger partial charge in [-0.3, -0.25) is 9.69 Å². The van der Waals surface area contributed by atoms with Crippen LogP contribution >= 0.6 is 12.2 Å². The minimum absolute atomic E-state index is 0.0618. The Labute approximate surface area is 109 Å². The molecule has 0 aliphatic heterocycles. The number of nitrogens with two attached hydrogens (primary N) is 1. The molecule has 0 rings (SSSR count). The molecule has 0 heterocycles. The first-order chi connectivity index (χ1) is 7.88. The van der Waals surface area contributed by atoms with Crippen molar-refractivity contribution in [2.45, 2.75) is 19.4 Å². The molecule has 6 heteroatoms. The van der Waals surface area contributed by atoms with Crippen molar-refractivity contribution in [2.75, 3.05) is 40.9 Å². The molecule has 0 fully saturated rings. The lowest BCUT2D eigenvalue weighted by Gasteiger charge is -2.26. The van der Waals surface area contributed by atoms with Crippen LogP contribution in [0.3, 0.4) is 0 Å². The molecular weight excluding hydrogens is 238 g/mol. The predicted octanol–water partition coefficient (Wildman–Crippen LogP) is 0.0877. The topological polar surface area (TPSA) is 58.8 Å². The van der Waals surface area contributed by atoms with Crippen LogP contribution in [0, 0.1) is 0 Å². The molecule has 0 aliphatic carbocycles. The van der Waals surface area contributed by atoms with E-state index < -0.39 is 0 Å². The Morgan fingerprint density at radius 1 is 1.47 bits per heavy atom. The molecule has 5 nitrogen and oxygen atoms in total. The largest absolute Gasteiger partial charge is 0.393 e.